The van der Waals surface area contributed by atoms with Gasteiger partial charge in [-0.2, -0.15) is 0 Å². The predicted molar refractivity (Wildman–Crippen MR) is 122 cm³/mol. The molecule has 0 bridgehead atoms. The lowest BCUT2D eigenvalue weighted by atomic mass is 10.2. The summed E-state index contributed by atoms with van der Waals surface area (Å²) in [6, 6.07) is 20.9. The van der Waals surface area contributed by atoms with E-state index in [1.54, 1.807) is 6.07 Å². The molecule has 0 saturated carbocycles. The van der Waals surface area contributed by atoms with Gasteiger partial charge in [0.25, 0.3) is 5.91 Å². The summed E-state index contributed by atoms with van der Waals surface area (Å²) in [5.74, 6) is 1.08. The Morgan fingerprint density at radius 2 is 1.63 bits per heavy atom. The number of rotatable bonds is 9. The SMILES string of the molecule is CCOc1ccc(NCc2ccc(OCC(=O)Nc3ccc(C)cc3)c(Cl)c2)cc1. The Balaban J connectivity index is 1.49. The maximum Gasteiger partial charge on any atom is 0.262 e. The molecular formula is C24H25ClN2O3. The molecular weight excluding hydrogens is 400 g/mol. The van der Waals surface area contributed by atoms with Crippen LogP contribution in [-0.4, -0.2) is 19.1 Å². The molecule has 0 radical (unpaired) electrons. The van der Waals surface area contributed by atoms with Crippen LogP contribution in [-0.2, 0) is 11.3 Å². The van der Waals surface area contributed by atoms with E-state index in [0.717, 1.165) is 28.3 Å². The molecule has 0 aromatic heterocycles. The number of hydrogen-bond acceptors (Lipinski definition) is 4. The third kappa shape index (κ3) is 6.42. The van der Waals surface area contributed by atoms with Crippen molar-refractivity contribution in [1.29, 1.82) is 0 Å². The van der Waals surface area contributed by atoms with Crippen LogP contribution < -0.4 is 20.1 Å². The van der Waals surface area contributed by atoms with Crippen LogP contribution in [0.1, 0.15) is 18.1 Å². The van der Waals surface area contributed by atoms with Crippen LogP contribution in [0, 0.1) is 6.92 Å². The number of halogens is 1. The third-order valence-electron chi connectivity index (χ3n) is 4.35. The van der Waals surface area contributed by atoms with E-state index in [2.05, 4.69) is 10.6 Å². The lowest BCUT2D eigenvalue weighted by molar-refractivity contribution is -0.118. The van der Waals surface area contributed by atoms with E-state index in [0.29, 0.717) is 23.9 Å². The first-order valence-electron chi connectivity index (χ1n) is 9.78. The molecule has 0 heterocycles. The van der Waals surface area contributed by atoms with E-state index in [1.165, 1.54) is 0 Å². The van der Waals surface area contributed by atoms with Gasteiger partial charge in [-0.15, -0.1) is 0 Å². The van der Waals surface area contributed by atoms with Crippen molar-refractivity contribution in [1.82, 2.24) is 0 Å². The highest BCUT2D eigenvalue weighted by atomic mass is 35.5. The van der Waals surface area contributed by atoms with Gasteiger partial charge in [-0.05, 0) is 67.9 Å². The van der Waals surface area contributed by atoms with Crippen molar-refractivity contribution in [2.75, 3.05) is 23.8 Å². The molecule has 3 aromatic carbocycles. The Morgan fingerprint density at radius 3 is 2.30 bits per heavy atom. The minimum absolute atomic E-state index is 0.114. The van der Waals surface area contributed by atoms with Gasteiger partial charge in [-0.25, -0.2) is 0 Å². The second-order valence-corrected chi connectivity index (χ2v) is 7.19. The molecule has 0 fully saturated rings. The molecule has 3 rings (SSSR count). The quantitative estimate of drug-likeness (QED) is 0.464. The highest BCUT2D eigenvalue weighted by Crippen LogP contribution is 2.26. The minimum atomic E-state index is -0.240. The first-order valence-corrected chi connectivity index (χ1v) is 10.2. The van der Waals surface area contributed by atoms with E-state index >= 15 is 0 Å². The highest BCUT2D eigenvalue weighted by Gasteiger charge is 2.08. The second-order valence-electron chi connectivity index (χ2n) is 6.78. The van der Waals surface area contributed by atoms with Crippen molar-refractivity contribution in [2.45, 2.75) is 20.4 Å². The van der Waals surface area contributed by atoms with Gasteiger partial charge in [-0.3, -0.25) is 4.79 Å². The fourth-order valence-corrected chi connectivity index (χ4v) is 3.05. The van der Waals surface area contributed by atoms with Crippen LogP contribution in [0.5, 0.6) is 11.5 Å². The van der Waals surface area contributed by atoms with Crippen LogP contribution in [0.4, 0.5) is 11.4 Å². The monoisotopic (exact) mass is 424 g/mol. The largest absolute Gasteiger partial charge is 0.494 e. The van der Waals surface area contributed by atoms with Crippen molar-refractivity contribution < 1.29 is 14.3 Å². The smallest absolute Gasteiger partial charge is 0.262 e. The minimum Gasteiger partial charge on any atom is -0.494 e. The third-order valence-corrected chi connectivity index (χ3v) is 4.65. The summed E-state index contributed by atoms with van der Waals surface area (Å²) < 4.78 is 11.0. The lowest BCUT2D eigenvalue weighted by Crippen LogP contribution is -2.20. The Kier molecular flexibility index (Phi) is 7.57. The van der Waals surface area contributed by atoms with Gasteiger partial charge in [0.15, 0.2) is 6.61 Å². The standard InChI is InChI=1S/C24H25ClN2O3/c1-3-29-21-11-9-19(10-12-21)26-15-18-6-13-23(22(25)14-18)30-16-24(28)27-20-7-4-17(2)5-8-20/h4-14,26H,3,15-16H2,1-2H3,(H,27,28). The number of carbonyl (C=O) groups is 1. The predicted octanol–water partition coefficient (Wildman–Crippen LogP) is 5.68. The van der Waals surface area contributed by atoms with Crippen molar-refractivity contribution in [3.8, 4) is 11.5 Å². The number of anilines is 2. The Morgan fingerprint density at radius 1 is 0.933 bits per heavy atom. The molecule has 0 atom stereocenters. The Hall–Kier alpha value is -3.18. The topological polar surface area (TPSA) is 59.6 Å². The molecule has 5 nitrogen and oxygen atoms in total. The number of amides is 1. The zero-order valence-electron chi connectivity index (χ0n) is 17.1. The maximum atomic E-state index is 12.1. The van der Waals surface area contributed by atoms with Gasteiger partial charge in [-0.1, -0.05) is 35.4 Å². The van der Waals surface area contributed by atoms with Gasteiger partial charge in [0.05, 0.1) is 11.6 Å². The molecule has 0 aliphatic heterocycles. The fourth-order valence-electron chi connectivity index (χ4n) is 2.79. The molecule has 0 aliphatic rings. The number of benzene rings is 3. The number of nitrogens with one attached hydrogen (secondary N) is 2. The van der Waals surface area contributed by atoms with E-state index in [1.807, 2.05) is 74.5 Å². The zero-order valence-corrected chi connectivity index (χ0v) is 17.8. The average molecular weight is 425 g/mol. The molecule has 0 unspecified atom stereocenters. The van der Waals surface area contributed by atoms with Gasteiger partial charge < -0.3 is 20.1 Å². The average Bonchev–Trinajstić information content (AvgIpc) is 2.74. The first-order chi connectivity index (χ1) is 14.5. The summed E-state index contributed by atoms with van der Waals surface area (Å²) in [6.07, 6.45) is 0. The van der Waals surface area contributed by atoms with E-state index in [-0.39, 0.29) is 12.5 Å². The van der Waals surface area contributed by atoms with Crippen molar-refractivity contribution in [3.05, 3.63) is 82.9 Å². The lowest BCUT2D eigenvalue weighted by Gasteiger charge is -2.11. The highest BCUT2D eigenvalue weighted by molar-refractivity contribution is 6.32. The Bertz CT molecular complexity index is 973. The van der Waals surface area contributed by atoms with Crippen molar-refractivity contribution >= 4 is 28.9 Å². The van der Waals surface area contributed by atoms with Crippen LogP contribution >= 0.6 is 11.6 Å². The number of carbonyl (C=O) groups excluding carboxylic acids is 1. The van der Waals surface area contributed by atoms with E-state index in [9.17, 15) is 4.79 Å². The summed E-state index contributed by atoms with van der Waals surface area (Å²) in [5, 5.41) is 6.60. The first kappa shape index (κ1) is 21.5. The van der Waals surface area contributed by atoms with Gasteiger partial charge >= 0.3 is 0 Å². The van der Waals surface area contributed by atoms with Gasteiger partial charge in [0.1, 0.15) is 11.5 Å². The maximum absolute atomic E-state index is 12.1. The van der Waals surface area contributed by atoms with Crippen LogP contribution in [0.15, 0.2) is 66.7 Å². The fraction of sp³-hybridized carbons (Fsp3) is 0.208. The number of ether oxygens (including phenoxy) is 2. The van der Waals surface area contributed by atoms with Crippen molar-refractivity contribution in [3.63, 3.8) is 0 Å². The number of aryl methyl sites for hydroxylation is 1. The molecule has 0 saturated heterocycles. The molecule has 156 valence electrons. The van der Waals surface area contributed by atoms with Crippen molar-refractivity contribution in [2.24, 2.45) is 0 Å². The van der Waals surface area contributed by atoms with Gasteiger partial charge in [0.2, 0.25) is 0 Å². The molecule has 30 heavy (non-hydrogen) atoms. The normalized spacial score (nSPS) is 10.4. The molecule has 3 aromatic rings. The summed E-state index contributed by atoms with van der Waals surface area (Å²) in [5.41, 5.74) is 3.86. The summed E-state index contributed by atoms with van der Waals surface area (Å²) >= 11 is 6.33. The van der Waals surface area contributed by atoms with E-state index in [4.69, 9.17) is 21.1 Å². The molecule has 2 N–H and O–H groups in total. The zero-order chi connectivity index (χ0) is 21.3. The van der Waals surface area contributed by atoms with E-state index < -0.39 is 0 Å². The number of hydrogen-bond donors (Lipinski definition) is 2. The van der Waals surface area contributed by atoms with Crippen LogP contribution in [0.2, 0.25) is 5.02 Å². The summed E-state index contributed by atoms with van der Waals surface area (Å²) in [4.78, 5) is 12.1. The van der Waals surface area contributed by atoms with Gasteiger partial charge in [0, 0.05) is 17.9 Å². The summed E-state index contributed by atoms with van der Waals surface area (Å²) in [7, 11) is 0. The molecule has 0 aliphatic carbocycles. The summed E-state index contributed by atoms with van der Waals surface area (Å²) in [6.45, 7) is 5.10. The molecule has 6 heteroatoms. The molecule has 0 spiro atoms. The van der Waals surface area contributed by atoms with Crippen LogP contribution in [0.3, 0.4) is 0 Å². The molecule has 1 amide bonds. The second kappa shape index (κ2) is 10.6. The Labute approximate surface area is 182 Å². The van der Waals surface area contributed by atoms with Crippen LogP contribution in [0.25, 0.3) is 0 Å².